The third-order valence-corrected chi connectivity index (χ3v) is 5.82. The van der Waals surface area contributed by atoms with E-state index in [-0.39, 0.29) is 12.1 Å². The van der Waals surface area contributed by atoms with Crippen LogP contribution in [0.15, 0.2) is 16.9 Å². The monoisotopic (exact) mass is 363 g/mol. The number of ether oxygens (including phenoxy) is 1. The fraction of sp³-hybridized carbons (Fsp3) is 0.667. The number of nitrogens with zero attached hydrogens (tertiary/aromatic N) is 3. The van der Waals surface area contributed by atoms with Crippen LogP contribution >= 0.6 is 15.9 Å². The second-order valence-corrected chi connectivity index (χ2v) is 8.42. The first-order chi connectivity index (χ1) is 9.39. The Morgan fingerprint density at radius 3 is 2.65 bits per heavy atom. The molecule has 0 saturated carbocycles. The molecule has 1 aliphatic rings. The van der Waals surface area contributed by atoms with Gasteiger partial charge in [-0.1, -0.05) is 0 Å². The fourth-order valence-corrected chi connectivity index (χ4v) is 3.60. The summed E-state index contributed by atoms with van der Waals surface area (Å²) in [4.78, 5) is 8.09. The number of rotatable bonds is 4. The van der Waals surface area contributed by atoms with E-state index in [4.69, 9.17) is 4.74 Å². The highest BCUT2D eigenvalue weighted by molar-refractivity contribution is 9.10. The minimum absolute atomic E-state index is 0.196. The first-order valence-corrected chi connectivity index (χ1v) is 8.82. The summed E-state index contributed by atoms with van der Waals surface area (Å²) in [5, 5.41) is -0.412. The fourth-order valence-electron chi connectivity index (χ4n) is 2.04. The van der Waals surface area contributed by atoms with Crippen LogP contribution in [0.3, 0.4) is 0 Å². The van der Waals surface area contributed by atoms with Gasteiger partial charge in [0.15, 0.2) is 0 Å². The summed E-state index contributed by atoms with van der Waals surface area (Å²) in [5.74, 6) is 0. The summed E-state index contributed by atoms with van der Waals surface area (Å²) in [6, 6.07) is 0.280. The Balaban J connectivity index is 2.02. The highest BCUT2D eigenvalue weighted by Crippen LogP contribution is 2.20. The van der Waals surface area contributed by atoms with Crippen molar-refractivity contribution in [2.24, 2.45) is 0 Å². The number of hydrogen-bond donors (Lipinski definition) is 0. The summed E-state index contributed by atoms with van der Waals surface area (Å²) < 4.78 is 32.3. The molecular formula is C12H18BrN3O3S. The van der Waals surface area contributed by atoms with Crippen molar-refractivity contribution < 1.29 is 13.2 Å². The Morgan fingerprint density at radius 2 is 2.05 bits per heavy atom. The molecule has 8 heteroatoms. The molecule has 0 spiro atoms. The van der Waals surface area contributed by atoms with Gasteiger partial charge in [-0.25, -0.2) is 18.4 Å². The van der Waals surface area contributed by atoms with Gasteiger partial charge in [-0.3, -0.25) is 0 Å². The highest BCUT2D eigenvalue weighted by atomic mass is 79.9. The topological polar surface area (TPSA) is 72.4 Å². The van der Waals surface area contributed by atoms with E-state index in [1.807, 2.05) is 0 Å². The molecule has 0 radical (unpaired) electrons. The second kappa shape index (κ2) is 6.36. The maximum Gasteiger partial charge on any atom is 0.316 e. The number of piperidine rings is 1. The summed E-state index contributed by atoms with van der Waals surface area (Å²) in [6.07, 6.45) is 4.61. The zero-order chi connectivity index (χ0) is 14.8. The van der Waals surface area contributed by atoms with Gasteiger partial charge in [-0.2, -0.15) is 4.31 Å². The van der Waals surface area contributed by atoms with E-state index in [2.05, 4.69) is 25.9 Å². The average molecular weight is 364 g/mol. The Bertz CT molecular complexity index is 548. The van der Waals surface area contributed by atoms with Crippen LogP contribution in [0.1, 0.15) is 26.7 Å². The quantitative estimate of drug-likeness (QED) is 0.815. The number of aromatic nitrogens is 2. The van der Waals surface area contributed by atoms with Crippen molar-refractivity contribution in [3.8, 4) is 6.01 Å². The Labute approximate surface area is 127 Å². The first kappa shape index (κ1) is 15.7. The van der Waals surface area contributed by atoms with Crippen LogP contribution in [-0.2, 0) is 10.0 Å². The third-order valence-electron chi connectivity index (χ3n) is 3.17. The first-order valence-electron chi connectivity index (χ1n) is 6.53. The largest absolute Gasteiger partial charge is 0.459 e. The van der Waals surface area contributed by atoms with Crippen LogP contribution in [0.4, 0.5) is 0 Å². The second-order valence-electron chi connectivity index (χ2n) is 5.02. The maximum absolute atomic E-state index is 12.2. The van der Waals surface area contributed by atoms with Gasteiger partial charge in [0.25, 0.3) is 0 Å². The van der Waals surface area contributed by atoms with Gasteiger partial charge in [-0.15, -0.1) is 0 Å². The molecular weight excluding hydrogens is 346 g/mol. The molecule has 0 N–H and O–H groups in total. The van der Waals surface area contributed by atoms with Crippen molar-refractivity contribution >= 4 is 26.0 Å². The van der Waals surface area contributed by atoms with E-state index in [1.54, 1.807) is 26.2 Å². The normalized spacial score (nSPS) is 21.1. The van der Waals surface area contributed by atoms with Gasteiger partial charge in [-0.05, 0) is 42.6 Å². The lowest BCUT2D eigenvalue weighted by molar-refractivity contribution is 0.119. The zero-order valence-electron chi connectivity index (χ0n) is 11.5. The SMILES string of the molecule is CC(C)S(=O)(=O)N1CCCC(Oc2ncc(Br)cn2)C1. The van der Waals surface area contributed by atoms with E-state index >= 15 is 0 Å². The molecule has 0 aliphatic carbocycles. The molecule has 112 valence electrons. The smallest absolute Gasteiger partial charge is 0.316 e. The molecule has 2 rings (SSSR count). The third kappa shape index (κ3) is 3.67. The summed E-state index contributed by atoms with van der Waals surface area (Å²) in [7, 11) is -3.23. The van der Waals surface area contributed by atoms with Gasteiger partial charge >= 0.3 is 6.01 Å². The van der Waals surface area contributed by atoms with Crippen molar-refractivity contribution in [2.75, 3.05) is 13.1 Å². The average Bonchev–Trinajstić information content (AvgIpc) is 2.41. The van der Waals surface area contributed by atoms with Gasteiger partial charge < -0.3 is 4.74 Å². The molecule has 0 amide bonds. The van der Waals surface area contributed by atoms with Gasteiger partial charge in [0.1, 0.15) is 6.10 Å². The highest BCUT2D eigenvalue weighted by Gasteiger charge is 2.32. The van der Waals surface area contributed by atoms with Crippen LogP contribution in [0.5, 0.6) is 6.01 Å². The number of sulfonamides is 1. The van der Waals surface area contributed by atoms with Crippen LogP contribution < -0.4 is 4.74 Å². The van der Waals surface area contributed by atoms with E-state index < -0.39 is 15.3 Å². The standard InChI is InChI=1S/C12H18BrN3O3S/c1-9(2)20(17,18)16-5-3-4-11(8-16)19-12-14-6-10(13)7-15-12/h6-7,9,11H,3-5,8H2,1-2H3. The molecule has 1 aliphatic heterocycles. The molecule has 1 saturated heterocycles. The van der Waals surface area contributed by atoms with Crippen LogP contribution in [-0.4, -0.2) is 47.1 Å². The van der Waals surface area contributed by atoms with Crippen molar-refractivity contribution in [3.05, 3.63) is 16.9 Å². The maximum atomic E-state index is 12.2. The van der Waals surface area contributed by atoms with E-state index in [1.165, 1.54) is 4.31 Å². The molecule has 1 fully saturated rings. The van der Waals surface area contributed by atoms with E-state index in [0.717, 1.165) is 17.3 Å². The zero-order valence-corrected chi connectivity index (χ0v) is 13.9. The molecule has 0 aromatic carbocycles. The van der Waals surface area contributed by atoms with Crippen molar-refractivity contribution in [1.82, 2.24) is 14.3 Å². The lowest BCUT2D eigenvalue weighted by atomic mass is 10.1. The minimum Gasteiger partial charge on any atom is -0.459 e. The molecule has 1 aromatic rings. The lowest BCUT2D eigenvalue weighted by Gasteiger charge is -2.32. The molecule has 20 heavy (non-hydrogen) atoms. The van der Waals surface area contributed by atoms with Crippen molar-refractivity contribution in [3.63, 3.8) is 0 Å². The van der Waals surface area contributed by atoms with Crippen molar-refractivity contribution in [1.29, 1.82) is 0 Å². The lowest BCUT2D eigenvalue weighted by Crippen LogP contribution is -2.46. The number of hydrogen-bond acceptors (Lipinski definition) is 5. The van der Waals surface area contributed by atoms with E-state index in [0.29, 0.717) is 13.1 Å². The van der Waals surface area contributed by atoms with Crippen LogP contribution in [0.2, 0.25) is 0 Å². The molecule has 0 bridgehead atoms. The predicted molar refractivity (Wildman–Crippen MR) is 79.0 cm³/mol. The summed E-state index contributed by atoms with van der Waals surface area (Å²) in [6.45, 7) is 4.30. The predicted octanol–water partition coefficient (Wildman–Crippen LogP) is 1.82. The summed E-state index contributed by atoms with van der Waals surface area (Å²) in [5.41, 5.74) is 0. The summed E-state index contributed by atoms with van der Waals surface area (Å²) >= 11 is 3.25. The van der Waals surface area contributed by atoms with E-state index in [9.17, 15) is 8.42 Å². The van der Waals surface area contributed by atoms with Crippen molar-refractivity contribution in [2.45, 2.75) is 38.0 Å². The molecule has 1 unspecified atom stereocenters. The molecule has 1 aromatic heterocycles. The molecule has 1 atom stereocenters. The number of halogens is 1. The van der Waals surface area contributed by atoms with Crippen LogP contribution in [0, 0.1) is 0 Å². The Morgan fingerprint density at radius 1 is 1.40 bits per heavy atom. The van der Waals surface area contributed by atoms with Gasteiger partial charge in [0, 0.05) is 18.9 Å². The minimum atomic E-state index is -3.23. The van der Waals surface area contributed by atoms with Gasteiger partial charge in [0.2, 0.25) is 10.0 Å². The molecule has 6 nitrogen and oxygen atoms in total. The molecule has 2 heterocycles. The van der Waals surface area contributed by atoms with Gasteiger partial charge in [0.05, 0.1) is 16.3 Å². The Hall–Kier alpha value is -0.730. The van der Waals surface area contributed by atoms with Crippen LogP contribution in [0.25, 0.3) is 0 Å². The Kier molecular flexibility index (Phi) is 4.98.